The summed E-state index contributed by atoms with van der Waals surface area (Å²) in [5.74, 6) is 0. The molecule has 2 nitrogen and oxygen atoms in total. The fraction of sp³-hybridized carbons (Fsp3) is 0.0909. The van der Waals surface area contributed by atoms with E-state index >= 15 is 0 Å². The highest BCUT2D eigenvalue weighted by Crippen LogP contribution is 2.10. The molecule has 66 valence electrons. The maximum absolute atomic E-state index is 10.5. The fourth-order valence-electron chi connectivity index (χ4n) is 1.09. The molecule has 0 bridgehead atoms. The molecule has 2 heteroatoms. The molecule has 0 aliphatic carbocycles. The molecule has 0 amide bonds. The van der Waals surface area contributed by atoms with Gasteiger partial charge in [0.05, 0.1) is 0 Å². The number of carbonyl (C=O) groups is 2. The summed E-state index contributed by atoms with van der Waals surface area (Å²) in [6, 6.07) is 5.41. The van der Waals surface area contributed by atoms with Crippen LogP contribution in [0, 0.1) is 6.92 Å². The van der Waals surface area contributed by atoms with Gasteiger partial charge in [-0.25, -0.2) is 0 Å². The molecule has 1 aromatic carbocycles. The lowest BCUT2D eigenvalue weighted by atomic mass is 10.1. The maximum Gasteiger partial charge on any atom is 0.150 e. The van der Waals surface area contributed by atoms with E-state index in [0.717, 1.165) is 23.7 Å². The number of hydrogen-bond acceptors (Lipinski definition) is 2. The zero-order valence-electron chi connectivity index (χ0n) is 7.36. The van der Waals surface area contributed by atoms with Crippen LogP contribution in [0.2, 0.25) is 0 Å². The van der Waals surface area contributed by atoms with Crippen molar-refractivity contribution in [1.29, 1.82) is 0 Å². The van der Waals surface area contributed by atoms with Crippen LogP contribution in [0.15, 0.2) is 24.3 Å². The van der Waals surface area contributed by atoms with Gasteiger partial charge >= 0.3 is 0 Å². The van der Waals surface area contributed by atoms with E-state index in [9.17, 15) is 9.59 Å². The SMILES string of the molecule is Cc1cc(C=CC=O)ccc1C=O. The number of aldehydes is 2. The third-order valence-electron chi connectivity index (χ3n) is 1.79. The average Bonchev–Trinajstić information content (AvgIpc) is 2.15. The van der Waals surface area contributed by atoms with Gasteiger partial charge in [-0.15, -0.1) is 0 Å². The zero-order valence-corrected chi connectivity index (χ0v) is 7.36. The van der Waals surface area contributed by atoms with Crippen LogP contribution in [0.3, 0.4) is 0 Å². The summed E-state index contributed by atoms with van der Waals surface area (Å²) >= 11 is 0. The highest BCUT2D eigenvalue weighted by molar-refractivity contribution is 5.79. The largest absolute Gasteiger partial charge is 0.299 e. The van der Waals surface area contributed by atoms with E-state index in [1.807, 2.05) is 13.0 Å². The summed E-state index contributed by atoms with van der Waals surface area (Å²) in [7, 11) is 0. The van der Waals surface area contributed by atoms with Crippen molar-refractivity contribution in [3.8, 4) is 0 Å². The Morgan fingerprint density at radius 2 is 2.00 bits per heavy atom. The van der Waals surface area contributed by atoms with Gasteiger partial charge in [0.1, 0.15) is 12.6 Å². The highest BCUT2D eigenvalue weighted by atomic mass is 16.1. The van der Waals surface area contributed by atoms with Crippen molar-refractivity contribution in [2.75, 3.05) is 0 Å². The second-order valence-corrected chi connectivity index (χ2v) is 2.73. The standard InChI is InChI=1S/C11H10O2/c1-9-7-10(3-2-6-12)4-5-11(9)8-13/h2-8H,1H3. The van der Waals surface area contributed by atoms with Crippen molar-refractivity contribution >= 4 is 18.6 Å². The van der Waals surface area contributed by atoms with Crippen LogP contribution < -0.4 is 0 Å². The van der Waals surface area contributed by atoms with E-state index in [0.29, 0.717) is 5.56 Å². The van der Waals surface area contributed by atoms with Crippen LogP contribution in [0.5, 0.6) is 0 Å². The third-order valence-corrected chi connectivity index (χ3v) is 1.79. The van der Waals surface area contributed by atoms with Gasteiger partial charge in [0.2, 0.25) is 0 Å². The van der Waals surface area contributed by atoms with Crippen LogP contribution in [0.1, 0.15) is 21.5 Å². The van der Waals surface area contributed by atoms with Gasteiger partial charge in [-0.1, -0.05) is 24.3 Å². The second kappa shape index (κ2) is 4.36. The van der Waals surface area contributed by atoms with E-state index in [4.69, 9.17) is 0 Å². The molecule has 0 N–H and O–H groups in total. The molecule has 1 aromatic rings. The lowest BCUT2D eigenvalue weighted by Gasteiger charge is -1.98. The quantitative estimate of drug-likeness (QED) is 0.519. The Morgan fingerprint density at radius 1 is 1.23 bits per heavy atom. The molecule has 0 atom stereocenters. The number of allylic oxidation sites excluding steroid dienone is 1. The molecule has 0 aliphatic rings. The molecular weight excluding hydrogens is 164 g/mol. The van der Waals surface area contributed by atoms with Crippen LogP contribution >= 0.6 is 0 Å². The molecule has 0 radical (unpaired) electrons. The molecule has 0 fully saturated rings. The van der Waals surface area contributed by atoms with Gasteiger partial charge in [0.25, 0.3) is 0 Å². The molecular formula is C11H10O2. The van der Waals surface area contributed by atoms with Crippen molar-refractivity contribution < 1.29 is 9.59 Å². The van der Waals surface area contributed by atoms with Crippen molar-refractivity contribution in [3.05, 3.63) is 41.0 Å². The van der Waals surface area contributed by atoms with Crippen LogP contribution in [-0.2, 0) is 4.79 Å². The average molecular weight is 174 g/mol. The molecule has 0 heterocycles. The molecule has 0 spiro atoms. The van der Waals surface area contributed by atoms with Crippen LogP contribution in [-0.4, -0.2) is 12.6 Å². The lowest BCUT2D eigenvalue weighted by Crippen LogP contribution is -1.86. The molecule has 0 aromatic heterocycles. The van der Waals surface area contributed by atoms with Crippen molar-refractivity contribution in [1.82, 2.24) is 0 Å². The van der Waals surface area contributed by atoms with E-state index < -0.39 is 0 Å². The molecule has 0 unspecified atom stereocenters. The van der Waals surface area contributed by atoms with E-state index in [2.05, 4.69) is 0 Å². The second-order valence-electron chi connectivity index (χ2n) is 2.73. The van der Waals surface area contributed by atoms with E-state index in [-0.39, 0.29) is 0 Å². The Kier molecular flexibility index (Phi) is 3.15. The van der Waals surface area contributed by atoms with Gasteiger partial charge in [-0.2, -0.15) is 0 Å². The Balaban J connectivity index is 3.02. The number of rotatable bonds is 3. The fourth-order valence-corrected chi connectivity index (χ4v) is 1.09. The first-order valence-electron chi connectivity index (χ1n) is 3.95. The Labute approximate surface area is 76.9 Å². The van der Waals surface area contributed by atoms with Gasteiger partial charge < -0.3 is 0 Å². The molecule has 0 saturated heterocycles. The van der Waals surface area contributed by atoms with Gasteiger partial charge in [0, 0.05) is 5.56 Å². The summed E-state index contributed by atoms with van der Waals surface area (Å²) in [5.41, 5.74) is 2.53. The highest BCUT2D eigenvalue weighted by Gasteiger charge is 1.95. The molecule has 13 heavy (non-hydrogen) atoms. The molecule has 1 rings (SSSR count). The summed E-state index contributed by atoms with van der Waals surface area (Å²) in [6.45, 7) is 1.86. The number of carbonyl (C=O) groups excluding carboxylic acids is 2. The van der Waals surface area contributed by atoms with E-state index in [1.54, 1.807) is 18.2 Å². The van der Waals surface area contributed by atoms with Crippen molar-refractivity contribution in [2.24, 2.45) is 0 Å². The first-order chi connectivity index (χ1) is 6.27. The summed E-state index contributed by atoms with van der Waals surface area (Å²) in [4.78, 5) is 20.5. The topological polar surface area (TPSA) is 34.1 Å². The van der Waals surface area contributed by atoms with Crippen LogP contribution in [0.25, 0.3) is 6.08 Å². The summed E-state index contributed by atoms with van der Waals surface area (Å²) in [5, 5.41) is 0. The molecule has 0 aliphatic heterocycles. The minimum atomic E-state index is 0.684. The monoisotopic (exact) mass is 174 g/mol. The van der Waals surface area contributed by atoms with Gasteiger partial charge in [-0.3, -0.25) is 9.59 Å². The third kappa shape index (κ3) is 2.37. The zero-order chi connectivity index (χ0) is 9.68. The predicted octanol–water partition coefficient (Wildman–Crippen LogP) is 2.02. The Bertz CT molecular complexity index is 351. The van der Waals surface area contributed by atoms with Crippen molar-refractivity contribution in [2.45, 2.75) is 6.92 Å². The van der Waals surface area contributed by atoms with Crippen molar-refractivity contribution in [3.63, 3.8) is 0 Å². The minimum absolute atomic E-state index is 0.684. The van der Waals surface area contributed by atoms with E-state index in [1.165, 1.54) is 6.08 Å². The number of hydrogen-bond donors (Lipinski definition) is 0. The maximum atomic E-state index is 10.5. The smallest absolute Gasteiger partial charge is 0.150 e. The Morgan fingerprint density at radius 3 is 2.54 bits per heavy atom. The normalized spacial score (nSPS) is 10.2. The van der Waals surface area contributed by atoms with Gasteiger partial charge in [0.15, 0.2) is 0 Å². The lowest BCUT2D eigenvalue weighted by molar-refractivity contribution is -0.104. The number of aryl methyl sites for hydroxylation is 1. The number of benzene rings is 1. The summed E-state index contributed by atoms with van der Waals surface area (Å²) in [6.07, 6.45) is 4.68. The molecule has 0 saturated carbocycles. The van der Waals surface area contributed by atoms with Crippen LogP contribution in [0.4, 0.5) is 0 Å². The Hall–Kier alpha value is -1.70. The first kappa shape index (κ1) is 9.39. The van der Waals surface area contributed by atoms with Gasteiger partial charge in [-0.05, 0) is 24.1 Å². The first-order valence-corrected chi connectivity index (χ1v) is 3.95. The predicted molar refractivity (Wildman–Crippen MR) is 51.7 cm³/mol. The minimum Gasteiger partial charge on any atom is -0.299 e. The summed E-state index contributed by atoms with van der Waals surface area (Å²) < 4.78 is 0.